The molecule has 2 heterocycles. The van der Waals surface area contributed by atoms with Gasteiger partial charge in [-0.25, -0.2) is 0 Å². The molecular weight excluding hydrogens is 494 g/mol. The van der Waals surface area contributed by atoms with Gasteiger partial charge in [-0.3, -0.25) is 19.7 Å². The molecule has 9 heteroatoms. The van der Waals surface area contributed by atoms with Crippen molar-refractivity contribution in [2.45, 2.75) is 26.2 Å². The number of carbonyl (C=O) groups excluding carboxylic acids is 2. The average Bonchev–Trinajstić information content (AvgIpc) is 2.98. The van der Waals surface area contributed by atoms with E-state index in [0.717, 1.165) is 56.7 Å². The molecule has 0 aromatic heterocycles. The zero-order chi connectivity index (χ0) is 27.4. The molecule has 2 fully saturated rings. The van der Waals surface area contributed by atoms with Crippen molar-refractivity contribution in [1.29, 1.82) is 0 Å². The van der Waals surface area contributed by atoms with E-state index in [-0.39, 0.29) is 23.1 Å². The van der Waals surface area contributed by atoms with E-state index in [1.165, 1.54) is 6.07 Å². The van der Waals surface area contributed by atoms with Crippen LogP contribution in [0.3, 0.4) is 0 Å². The van der Waals surface area contributed by atoms with E-state index in [4.69, 9.17) is 0 Å². The number of piperidine rings is 1. The van der Waals surface area contributed by atoms with Crippen molar-refractivity contribution in [1.82, 2.24) is 4.90 Å². The minimum Gasteiger partial charge on any atom is -0.368 e. The summed E-state index contributed by atoms with van der Waals surface area (Å²) in [4.78, 5) is 43.2. The third-order valence-corrected chi connectivity index (χ3v) is 7.49. The highest BCUT2D eigenvalue weighted by molar-refractivity contribution is 6.05. The smallest absolute Gasteiger partial charge is 0.293 e. The number of hydrogen-bond acceptors (Lipinski definition) is 6. The largest absolute Gasteiger partial charge is 0.368 e. The van der Waals surface area contributed by atoms with E-state index < -0.39 is 4.92 Å². The summed E-state index contributed by atoms with van der Waals surface area (Å²) in [6.45, 7) is 6.29. The molecule has 2 aliphatic rings. The first-order valence-electron chi connectivity index (χ1n) is 13.4. The predicted molar refractivity (Wildman–Crippen MR) is 153 cm³/mol. The summed E-state index contributed by atoms with van der Waals surface area (Å²) in [6.07, 6.45) is 3.15. The van der Waals surface area contributed by atoms with Crippen molar-refractivity contribution in [3.63, 3.8) is 0 Å². The summed E-state index contributed by atoms with van der Waals surface area (Å²) < 4.78 is 0. The van der Waals surface area contributed by atoms with Crippen LogP contribution in [-0.2, 0) is 0 Å². The Kier molecular flexibility index (Phi) is 7.76. The van der Waals surface area contributed by atoms with Crippen LogP contribution in [-0.4, -0.2) is 60.9 Å². The van der Waals surface area contributed by atoms with E-state index in [0.29, 0.717) is 30.0 Å². The first-order valence-corrected chi connectivity index (χ1v) is 13.4. The van der Waals surface area contributed by atoms with Crippen molar-refractivity contribution >= 4 is 34.6 Å². The lowest BCUT2D eigenvalue weighted by atomic mass is 10.1. The summed E-state index contributed by atoms with van der Waals surface area (Å²) in [5.41, 5.74) is 4.24. The number of amides is 2. The minimum atomic E-state index is -0.413. The molecule has 202 valence electrons. The maximum atomic E-state index is 12.9. The van der Waals surface area contributed by atoms with E-state index in [1.54, 1.807) is 12.1 Å². The zero-order valence-electron chi connectivity index (χ0n) is 22.1. The van der Waals surface area contributed by atoms with Crippen LogP contribution in [0.2, 0.25) is 0 Å². The van der Waals surface area contributed by atoms with Crippen LogP contribution >= 0.6 is 0 Å². The van der Waals surface area contributed by atoms with Gasteiger partial charge >= 0.3 is 0 Å². The Morgan fingerprint density at radius 3 is 2.05 bits per heavy atom. The molecule has 0 spiro atoms. The van der Waals surface area contributed by atoms with Crippen LogP contribution in [0.5, 0.6) is 0 Å². The quantitative estimate of drug-likeness (QED) is 0.353. The molecule has 1 N–H and O–H groups in total. The molecule has 3 aromatic carbocycles. The Morgan fingerprint density at radius 2 is 1.41 bits per heavy atom. The molecule has 2 amide bonds. The molecule has 0 radical (unpaired) electrons. The van der Waals surface area contributed by atoms with Gasteiger partial charge in [0.1, 0.15) is 5.69 Å². The molecule has 0 saturated carbocycles. The van der Waals surface area contributed by atoms with Gasteiger partial charge in [0.25, 0.3) is 17.5 Å². The van der Waals surface area contributed by atoms with Crippen molar-refractivity contribution in [3.8, 4) is 0 Å². The van der Waals surface area contributed by atoms with Gasteiger partial charge in [0.05, 0.1) is 4.92 Å². The Hall–Kier alpha value is -4.40. The maximum Gasteiger partial charge on any atom is 0.293 e. The van der Waals surface area contributed by atoms with Crippen LogP contribution in [0.25, 0.3) is 0 Å². The summed E-state index contributed by atoms with van der Waals surface area (Å²) in [5.74, 6) is -0.337. The molecule has 2 saturated heterocycles. The van der Waals surface area contributed by atoms with Crippen LogP contribution in [0.4, 0.5) is 22.7 Å². The van der Waals surface area contributed by atoms with Crippen LogP contribution < -0.4 is 15.1 Å². The second-order valence-corrected chi connectivity index (χ2v) is 10.2. The lowest BCUT2D eigenvalue weighted by molar-refractivity contribution is -0.384. The molecule has 5 rings (SSSR count). The van der Waals surface area contributed by atoms with E-state index in [1.807, 2.05) is 65.3 Å². The van der Waals surface area contributed by atoms with E-state index in [9.17, 15) is 19.7 Å². The predicted octanol–water partition coefficient (Wildman–Crippen LogP) is 5.11. The summed E-state index contributed by atoms with van der Waals surface area (Å²) >= 11 is 0. The number of piperazine rings is 1. The summed E-state index contributed by atoms with van der Waals surface area (Å²) in [6, 6.07) is 19.9. The Balaban J connectivity index is 1.19. The van der Waals surface area contributed by atoms with Gasteiger partial charge in [-0.1, -0.05) is 17.7 Å². The highest BCUT2D eigenvalue weighted by Gasteiger charge is 2.24. The fraction of sp³-hybridized carbons (Fsp3) is 0.333. The van der Waals surface area contributed by atoms with Crippen LogP contribution in [0, 0.1) is 17.0 Å². The van der Waals surface area contributed by atoms with Gasteiger partial charge in [-0.15, -0.1) is 0 Å². The topological polar surface area (TPSA) is 99.0 Å². The Labute approximate surface area is 228 Å². The molecule has 0 aliphatic carbocycles. The number of nitrogens with zero attached hydrogens (tertiary/aromatic N) is 4. The van der Waals surface area contributed by atoms with Gasteiger partial charge in [0.15, 0.2) is 0 Å². The minimum absolute atomic E-state index is 0.0418. The van der Waals surface area contributed by atoms with Gasteiger partial charge in [-0.2, -0.15) is 0 Å². The van der Waals surface area contributed by atoms with Crippen LogP contribution in [0.15, 0.2) is 66.7 Å². The molecule has 9 nitrogen and oxygen atoms in total. The number of nitro groups is 1. The SMILES string of the molecule is Cc1ccc(C(=O)N2CCN(c3ccc(NC(=O)c4ccc(N5CCCCC5)c([N+](=O)[O-])c4)cc3)CC2)cc1. The number of nitro benzene ring substituents is 1. The van der Waals surface area contributed by atoms with Crippen molar-refractivity contribution in [2.24, 2.45) is 0 Å². The van der Waals surface area contributed by atoms with Crippen molar-refractivity contribution in [2.75, 3.05) is 54.4 Å². The molecule has 0 atom stereocenters. The molecule has 2 aliphatic heterocycles. The van der Waals surface area contributed by atoms with Crippen molar-refractivity contribution in [3.05, 3.63) is 93.5 Å². The Morgan fingerprint density at radius 1 is 0.769 bits per heavy atom. The van der Waals surface area contributed by atoms with Gasteiger partial charge in [-0.05, 0) is 74.7 Å². The molecule has 39 heavy (non-hydrogen) atoms. The number of carbonyl (C=O) groups is 2. The molecule has 3 aromatic rings. The lowest BCUT2D eigenvalue weighted by Gasteiger charge is -2.36. The summed E-state index contributed by atoms with van der Waals surface area (Å²) in [5, 5.41) is 14.6. The number of aryl methyl sites for hydroxylation is 1. The third-order valence-electron chi connectivity index (χ3n) is 7.49. The van der Waals surface area contributed by atoms with Gasteiger partial charge in [0.2, 0.25) is 0 Å². The van der Waals surface area contributed by atoms with Gasteiger partial charge in [0, 0.05) is 67.8 Å². The highest BCUT2D eigenvalue weighted by Crippen LogP contribution is 2.31. The number of anilines is 3. The highest BCUT2D eigenvalue weighted by atomic mass is 16.6. The maximum absolute atomic E-state index is 12.9. The fourth-order valence-corrected chi connectivity index (χ4v) is 5.22. The second-order valence-electron chi connectivity index (χ2n) is 10.2. The van der Waals surface area contributed by atoms with E-state index in [2.05, 4.69) is 10.2 Å². The standard InChI is InChI=1S/C30H33N5O4/c1-22-5-7-23(8-6-22)30(37)34-19-17-32(18-20-34)26-12-10-25(11-13-26)31-29(36)24-9-14-27(28(21-24)35(38)39)33-15-3-2-4-16-33/h5-14,21H,2-4,15-20H2,1H3,(H,31,36). The average molecular weight is 528 g/mol. The Bertz CT molecular complexity index is 1340. The third kappa shape index (κ3) is 6.03. The number of rotatable bonds is 6. The number of benzene rings is 3. The van der Waals surface area contributed by atoms with Crippen molar-refractivity contribution < 1.29 is 14.5 Å². The molecule has 0 bridgehead atoms. The first-order chi connectivity index (χ1) is 18.9. The van der Waals surface area contributed by atoms with Gasteiger partial charge < -0.3 is 20.0 Å². The lowest BCUT2D eigenvalue weighted by Crippen LogP contribution is -2.48. The summed E-state index contributed by atoms with van der Waals surface area (Å²) in [7, 11) is 0. The monoisotopic (exact) mass is 527 g/mol. The van der Waals surface area contributed by atoms with E-state index >= 15 is 0 Å². The number of hydrogen-bond donors (Lipinski definition) is 1. The fourth-order valence-electron chi connectivity index (χ4n) is 5.22. The molecular formula is C30H33N5O4. The first kappa shape index (κ1) is 26.2. The normalized spacial score (nSPS) is 15.7. The molecule has 0 unspecified atom stereocenters. The zero-order valence-corrected chi connectivity index (χ0v) is 22.1. The number of nitrogens with one attached hydrogen (secondary N) is 1. The second kappa shape index (κ2) is 11.6. The van der Waals surface area contributed by atoms with Crippen LogP contribution in [0.1, 0.15) is 45.5 Å².